The van der Waals surface area contributed by atoms with E-state index in [1.165, 1.54) is 0 Å². The maximum Gasteiger partial charge on any atom is 0.166 e. The van der Waals surface area contributed by atoms with Gasteiger partial charge in [0.1, 0.15) is 5.25 Å². The smallest absolute Gasteiger partial charge is 0.166 e. The van der Waals surface area contributed by atoms with Gasteiger partial charge in [-0.2, -0.15) is 0 Å². The molecule has 0 spiro atoms. The SMILES string of the molecule is O=Cc1c(Br)noc1C1CCCS1(=O)=O. The summed E-state index contributed by atoms with van der Waals surface area (Å²) in [6, 6.07) is 0. The van der Waals surface area contributed by atoms with Gasteiger partial charge in [-0.3, -0.25) is 4.79 Å². The molecule has 0 N–H and O–H groups in total. The van der Waals surface area contributed by atoms with Crippen LogP contribution in [-0.4, -0.2) is 25.6 Å². The molecule has 2 heterocycles. The van der Waals surface area contributed by atoms with Gasteiger partial charge in [0, 0.05) is 0 Å². The number of hydrogen-bond donors (Lipinski definition) is 0. The van der Waals surface area contributed by atoms with E-state index >= 15 is 0 Å². The summed E-state index contributed by atoms with van der Waals surface area (Å²) in [4.78, 5) is 10.8. The molecule has 7 heteroatoms. The summed E-state index contributed by atoms with van der Waals surface area (Å²) < 4.78 is 28.4. The summed E-state index contributed by atoms with van der Waals surface area (Å²) in [6.07, 6.45) is 1.65. The van der Waals surface area contributed by atoms with Crippen molar-refractivity contribution >= 4 is 32.1 Å². The highest BCUT2D eigenvalue weighted by molar-refractivity contribution is 9.10. The molecule has 1 aliphatic rings. The predicted molar refractivity (Wildman–Crippen MR) is 55.4 cm³/mol. The van der Waals surface area contributed by atoms with Crippen LogP contribution in [0.2, 0.25) is 0 Å². The minimum absolute atomic E-state index is 0.147. The topological polar surface area (TPSA) is 77.2 Å². The van der Waals surface area contributed by atoms with Crippen LogP contribution in [0.1, 0.15) is 34.2 Å². The van der Waals surface area contributed by atoms with E-state index in [9.17, 15) is 13.2 Å². The van der Waals surface area contributed by atoms with Gasteiger partial charge >= 0.3 is 0 Å². The first-order chi connectivity index (χ1) is 7.06. The standard InChI is InChI=1S/C8H8BrNO4S/c9-8-5(4-11)7(14-10-8)6-2-1-3-15(6,12)13/h4,6H,1-3H2. The second-order valence-electron chi connectivity index (χ2n) is 3.37. The number of hydrogen-bond acceptors (Lipinski definition) is 5. The Labute approximate surface area is 94.9 Å². The molecule has 1 atom stereocenters. The van der Waals surface area contributed by atoms with Crippen molar-refractivity contribution in [3.05, 3.63) is 15.9 Å². The molecule has 2 rings (SSSR count). The van der Waals surface area contributed by atoms with Gasteiger partial charge in [-0.25, -0.2) is 8.42 Å². The Morgan fingerprint density at radius 1 is 1.53 bits per heavy atom. The lowest BCUT2D eigenvalue weighted by molar-refractivity contribution is 0.112. The van der Waals surface area contributed by atoms with Crippen molar-refractivity contribution in [3.63, 3.8) is 0 Å². The highest BCUT2D eigenvalue weighted by Crippen LogP contribution is 2.37. The largest absolute Gasteiger partial charge is 0.358 e. The normalized spacial score (nSPS) is 24.2. The van der Waals surface area contributed by atoms with Crippen molar-refractivity contribution in [2.75, 3.05) is 5.75 Å². The molecule has 1 aromatic rings. The van der Waals surface area contributed by atoms with E-state index in [0.29, 0.717) is 19.1 Å². The Morgan fingerprint density at radius 2 is 2.27 bits per heavy atom. The quantitative estimate of drug-likeness (QED) is 0.772. The van der Waals surface area contributed by atoms with Gasteiger partial charge in [0.05, 0.1) is 11.3 Å². The van der Waals surface area contributed by atoms with E-state index in [1.54, 1.807) is 0 Å². The lowest BCUT2D eigenvalue weighted by Gasteiger charge is -2.04. The van der Waals surface area contributed by atoms with Crippen molar-refractivity contribution < 1.29 is 17.7 Å². The first-order valence-corrected chi connectivity index (χ1v) is 6.89. The van der Waals surface area contributed by atoms with Crippen LogP contribution in [0.25, 0.3) is 0 Å². The van der Waals surface area contributed by atoms with Crippen molar-refractivity contribution in [1.82, 2.24) is 5.16 Å². The number of sulfone groups is 1. The Morgan fingerprint density at radius 3 is 2.80 bits per heavy atom. The zero-order valence-corrected chi connectivity index (χ0v) is 10.0. The van der Waals surface area contributed by atoms with Gasteiger partial charge in [0.25, 0.3) is 0 Å². The van der Waals surface area contributed by atoms with Crippen LogP contribution >= 0.6 is 15.9 Å². The number of nitrogens with zero attached hydrogens (tertiary/aromatic N) is 1. The van der Waals surface area contributed by atoms with Gasteiger partial charge in [0.15, 0.2) is 26.5 Å². The van der Waals surface area contributed by atoms with Crippen LogP contribution in [0.15, 0.2) is 9.13 Å². The Bertz CT molecular complexity index is 493. The molecular weight excluding hydrogens is 286 g/mol. The number of rotatable bonds is 2. The van der Waals surface area contributed by atoms with Crippen LogP contribution in [0, 0.1) is 0 Å². The lowest BCUT2D eigenvalue weighted by Crippen LogP contribution is -2.08. The fourth-order valence-electron chi connectivity index (χ4n) is 1.71. The zero-order chi connectivity index (χ0) is 11.1. The minimum Gasteiger partial charge on any atom is -0.358 e. The molecule has 0 bridgehead atoms. The summed E-state index contributed by atoms with van der Waals surface area (Å²) in [6.45, 7) is 0. The summed E-state index contributed by atoms with van der Waals surface area (Å²) in [5.41, 5.74) is 0.200. The number of carbonyl (C=O) groups is 1. The molecule has 5 nitrogen and oxygen atoms in total. The molecule has 82 valence electrons. The zero-order valence-electron chi connectivity index (χ0n) is 7.64. The predicted octanol–water partition coefficient (Wildman–Crippen LogP) is 1.50. The van der Waals surface area contributed by atoms with E-state index in [1.807, 2.05) is 0 Å². The fourth-order valence-corrected chi connectivity index (χ4v) is 3.95. The van der Waals surface area contributed by atoms with Gasteiger partial charge in [-0.1, -0.05) is 5.16 Å². The number of aldehydes is 1. The fraction of sp³-hybridized carbons (Fsp3) is 0.500. The van der Waals surface area contributed by atoms with E-state index in [4.69, 9.17) is 4.52 Å². The number of halogens is 1. The molecule has 15 heavy (non-hydrogen) atoms. The Balaban J connectivity index is 2.50. The molecule has 0 aliphatic carbocycles. The first-order valence-electron chi connectivity index (χ1n) is 4.38. The minimum atomic E-state index is -3.17. The van der Waals surface area contributed by atoms with Crippen molar-refractivity contribution in [3.8, 4) is 0 Å². The van der Waals surface area contributed by atoms with Gasteiger partial charge < -0.3 is 4.52 Å². The van der Waals surface area contributed by atoms with Crippen molar-refractivity contribution in [2.24, 2.45) is 0 Å². The summed E-state index contributed by atoms with van der Waals surface area (Å²) in [5.74, 6) is 0.309. The molecule has 0 radical (unpaired) electrons. The molecular formula is C8H8BrNO4S. The molecule has 0 saturated carbocycles. The average molecular weight is 294 g/mol. The maximum absolute atomic E-state index is 11.6. The van der Waals surface area contributed by atoms with Crippen LogP contribution in [0.4, 0.5) is 0 Å². The average Bonchev–Trinajstić information content (AvgIpc) is 2.68. The Kier molecular flexibility index (Phi) is 2.68. The van der Waals surface area contributed by atoms with Crippen LogP contribution in [0.3, 0.4) is 0 Å². The van der Waals surface area contributed by atoms with Gasteiger partial charge in [-0.15, -0.1) is 0 Å². The summed E-state index contributed by atoms with van der Waals surface area (Å²) in [5, 5.41) is 2.83. The third kappa shape index (κ3) is 1.74. The summed E-state index contributed by atoms with van der Waals surface area (Å²) in [7, 11) is -3.17. The van der Waals surface area contributed by atoms with Crippen LogP contribution in [0.5, 0.6) is 0 Å². The number of aromatic nitrogens is 1. The van der Waals surface area contributed by atoms with E-state index in [2.05, 4.69) is 21.1 Å². The molecule has 1 fully saturated rings. The van der Waals surface area contributed by atoms with Crippen LogP contribution in [-0.2, 0) is 9.84 Å². The van der Waals surface area contributed by atoms with Crippen LogP contribution < -0.4 is 0 Å². The maximum atomic E-state index is 11.6. The van der Waals surface area contributed by atoms with Gasteiger partial charge in [-0.05, 0) is 28.8 Å². The highest BCUT2D eigenvalue weighted by atomic mass is 79.9. The molecule has 1 aliphatic heterocycles. The van der Waals surface area contributed by atoms with E-state index in [0.717, 1.165) is 0 Å². The van der Waals surface area contributed by atoms with E-state index in [-0.39, 0.29) is 21.7 Å². The molecule has 0 amide bonds. The molecule has 0 aromatic carbocycles. The second-order valence-corrected chi connectivity index (χ2v) is 6.42. The molecule has 1 unspecified atom stereocenters. The summed E-state index contributed by atoms with van der Waals surface area (Å²) >= 11 is 3.03. The van der Waals surface area contributed by atoms with Crippen molar-refractivity contribution in [2.45, 2.75) is 18.1 Å². The third-order valence-corrected chi connectivity index (χ3v) is 5.20. The third-order valence-electron chi connectivity index (χ3n) is 2.45. The van der Waals surface area contributed by atoms with Gasteiger partial charge in [0.2, 0.25) is 0 Å². The molecule has 1 saturated heterocycles. The first kappa shape index (κ1) is 10.8. The van der Waals surface area contributed by atoms with E-state index < -0.39 is 15.1 Å². The lowest BCUT2D eigenvalue weighted by atomic mass is 10.1. The Hall–Kier alpha value is -0.690. The number of carbonyl (C=O) groups excluding carboxylic acids is 1. The van der Waals surface area contributed by atoms with Crippen molar-refractivity contribution in [1.29, 1.82) is 0 Å². The monoisotopic (exact) mass is 293 g/mol. The highest BCUT2D eigenvalue weighted by Gasteiger charge is 2.37. The second kappa shape index (κ2) is 3.71. The molecule has 1 aromatic heterocycles.